The van der Waals surface area contributed by atoms with Gasteiger partial charge in [0.15, 0.2) is 0 Å². The van der Waals surface area contributed by atoms with Crippen LogP contribution in [-0.4, -0.2) is 70.9 Å². The summed E-state index contributed by atoms with van der Waals surface area (Å²) in [5, 5.41) is 2.70. The molecule has 0 unspecified atom stereocenters. The Hall–Kier alpha value is -3.00. The summed E-state index contributed by atoms with van der Waals surface area (Å²) in [6.45, 7) is 1.30. The highest BCUT2D eigenvalue weighted by Crippen LogP contribution is 2.49. The summed E-state index contributed by atoms with van der Waals surface area (Å²) in [7, 11) is 4.30. The zero-order valence-corrected chi connectivity index (χ0v) is 21.3. The van der Waals surface area contributed by atoms with E-state index in [4.69, 9.17) is 0 Å². The van der Waals surface area contributed by atoms with Gasteiger partial charge in [-0.3, -0.25) is 9.69 Å². The van der Waals surface area contributed by atoms with E-state index in [0.717, 1.165) is 38.4 Å². The number of pyridine rings is 1. The fourth-order valence-corrected chi connectivity index (χ4v) is 6.32. The standard InChI is InChI=1S/C28H36FN5O2/c1-32(2)28(22-9-4-3-5-10-22)15-13-27(14-16-28)20-33(26(36)34(27)18-21-7-6-8-21)19-25(35)31-24-12-11-23(29)17-30-24/h3-5,9-12,17,21H,6-8,13-16,18-20H2,1-2H3,(H,30,31,35). The number of amides is 3. The Morgan fingerprint density at radius 1 is 1.11 bits per heavy atom. The van der Waals surface area contributed by atoms with Crippen molar-refractivity contribution >= 4 is 17.8 Å². The SMILES string of the molecule is CN(C)C1(c2ccccc2)CCC2(CC1)CN(CC(=O)Nc1ccc(F)cn1)C(=O)N2CC1CCC1. The molecule has 1 saturated heterocycles. The summed E-state index contributed by atoms with van der Waals surface area (Å²) in [6, 6.07) is 13.3. The van der Waals surface area contributed by atoms with Gasteiger partial charge in [-0.15, -0.1) is 0 Å². The van der Waals surface area contributed by atoms with Crippen molar-refractivity contribution in [3.63, 3.8) is 0 Å². The monoisotopic (exact) mass is 493 g/mol. The number of hydrogen-bond acceptors (Lipinski definition) is 4. The zero-order valence-electron chi connectivity index (χ0n) is 21.3. The lowest BCUT2D eigenvalue weighted by atomic mass is 9.68. The van der Waals surface area contributed by atoms with Gasteiger partial charge in [-0.2, -0.15) is 0 Å². The molecule has 0 atom stereocenters. The van der Waals surface area contributed by atoms with Crippen LogP contribution < -0.4 is 5.32 Å². The second-order valence-electron chi connectivity index (χ2n) is 11.0. The molecule has 0 radical (unpaired) electrons. The molecule has 2 aliphatic carbocycles. The number of rotatable bonds is 7. The third kappa shape index (κ3) is 4.59. The van der Waals surface area contributed by atoms with Crippen molar-refractivity contribution in [3.05, 3.63) is 60.0 Å². The second kappa shape index (κ2) is 9.81. The second-order valence-corrected chi connectivity index (χ2v) is 11.0. The zero-order chi connectivity index (χ0) is 25.3. The van der Waals surface area contributed by atoms with Crippen molar-refractivity contribution in [2.75, 3.05) is 39.0 Å². The first-order chi connectivity index (χ1) is 17.3. The van der Waals surface area contributed by atoms with E-state index in [1.54, 1.807) is 4.90 Å². The van der Waals surface area contributed by atoms with Crippen LogP contribution in [0.3, 0.4) is 0 Å². The lowest BCUT2D eigenvalue weighted by Gasteiger charge is -2.51. The van der Waals surface area contributed by atoms with Crippen molar-refractivity contribution in [2.45, 2.75) is 56.0 Å². The Morgan fingerprint density at radius 3 is 2.42 bits per heavy atom. The first-order valence-corrected chi connectivity index (χ1v) is 13.0. The van der Waals surface area contributed by atoms with Crippen LogP contribution in [0.5, 0.6) is 0 Å². The number of urea groups is 1. The lowest BCUT2D eigenvalue weighted by Crippen LogP contribution is -2.56. The van der Waals surface area contributed by atoms with Crippen molar-refractivity contribution in [3.8, 4) is 0 Å². The summed E-state index contributed by atoms with van der Waals surface area (Å²) >= 11 is 0. The summed E-state index contributed by atoms with van der Waals surface area (Å²) < 4.78 is 13.2. The minimum Gasteiger partial charge on any atom is -0.317 e. The van der Waals surface area contributed by atoms with Crippen LogP contribution in [0.2, 0.25) is 0 Å². The van der Waals surface area contributed by atoms with Crippen molar-refractivity contribution in [1.82, 2.24) is 19.7 Å². The molecule has 1 aromatic heterocycles. The van der Waals surface area contributed by atoms with Crippen molar-refractivity contribution < 1.29 is 14.0 Å². The largest absolute Gasteiger partial charge is 0.321 e. The predicted octanol–water partition coefficient (Wildman–Crippen LogP) is 4.47. The number of carbonyl (C=O) groups excluding carboxylic acids is 2. The van der Waals surface area contributed by atoms with E-state index in [9.17, 15) is 14.0 Å². The molecule has 2 heterocycles. The maximum absolute atomic E-state index is 13.6. The molecule has 36 heavy (non-hydrogen) atoms. The van der Waals surface area contributed by atoms with Gasteiger partial charge >= 0.3 is 6.03 Å². The van der Waals surface area contributed by atoms with Crippen LogP contribution in [0.1, 0.15) is 50.5 Å². The fourth-order valence-electron chi connectivity index (χ4n) is 6.32. The number of nitrogens with zero attached hydrogens (tertiary/aromatic N) is 4. The number of nitrogens with one attached hydrogen (secondary N) is 1. The fraction of sp³-hybridized carbons (Fsp3) is 0.536. The summed E-state index contributed by atoms with van der Waals surface area (Å²) in [4.78, 5) is 36.5. The first kappa shape index (κ1) is 24.7. The molecular formula is C28H36FN5O2. The Kier molecular flexibility index (Phi) is 6.72. The van der Waals surface area contributed by atoms with Gasteiger partial charge in [0.1, 0.15) is 18.2 Å². The van der Waals surface area contributed by atoms with Crippen LogP contribution in [0.4, 0.5) is 15.0 Å². The van der Waals surface area contributed by atoms with E-state index in [0.29, 0.717) is 12.5 Å². The highest BCUT2D eigenvalue weighted by Gasteiger charge is 2.55. The van der Waals surface area contributed by atoms with Crippen molar-refractivity contribution in [2.24, 2.45) is 5.92 Å². The van der Waals surface area contributed by atoms with Crippen LogP contribution in [0, 0.1) is 11.7 Å². The molecule has 192 valence electrons. The maximum Gasteiger partial charge on any atom is 0.321 e. The summed E-state index contributed by atoms with van der Waals surface area (Å²) in [5.41, 5.74) is 1.01. The molecule has 3 amide bonds. The molecule has 1 aromatic carbocycles. The van der Waals surface area contributed by atoms with Gasteiger partial charge in [-0.25, -0.2) is 14.2 Å². The number of halogens is 1. The topological polar surface area (TPSA) is 68.8 Å². The van der Waals surface area contributed by atoms with Gasteiger partial charge in [-0.05, 0) is 76.2 Å². The van der Waals surface area contributed by atoms with Gasteiger partial charge < -0.3 is 15.1 Å². The minimum atomic E-state index is -0.460. The molecular weight excluding hydrogens is 457 g/mol. The molecule has 2 saturated carbocycles. The summed E-state index contributed by atoms with van der Waals surface area (Å²) in [6.07, 6.45) is 8.35. The van der Waals surface area contributed by atoms with Gasteiger partial charge in [0.05, 0.1) is 11.7 Å². The Morgan fingerprint density at radius 2 is 1.83 bits per heavy atom. The molecule has 1 aliphatic heterocycles. The van der Waals surface area contributed by atoms with E-state index in [-0.39, 0.29) is 35.4 Å². The quantitative estimate of drug-likeness (QED) is 0.618. The minimum absolute atomic E-state index is 0.0294. The summed E-state index contributed by atoms with van der Waals surface area (Å²) in [5.74, 6) is 0.0618. The van der Waals surface area contributed by atoms with E-state index in [1.165, 1.54) is 37.0 Å². The molecule has 5 rings (SSSR count). The van der Waals surface area contributed by atoms with Crippen LogP contribution in [-0.2, 0) is 10.3 Å². The molecule has 2 aromatic rings. The average Bonchev–Trinajstić information content (AvgIpc) is 3.08. The normalized spacial score (nSPS) is 26.5. The molecule has 8 heteroatoms. The van der Waals surface area contributed by atoms with E-state index in [2.05, 4.69) is 64.5 Å². The molecule has 3 aliphatic rings. The Bertz CT molecular complexity index is 1080. The first-order valence-electron chi connectivity index (χ1n) is 13.0. The van der Waals surface area contributed by atoms with Crippen LogP contribution in [0.15, 0.2) is 48.7 Å². The average molecular weight is 494 g/mol. The number of aromatic nitrogens is 1. The van der Waals surface area contributed by atoms with E-state index >= 15 is 0 Å². The van der Waals surface area contributed by atoms with E-state index in [1.807, 2.05) is 0 Å². The van der Waals surface area contributed by atoms with Crippen molar-refractivity contribution in [1.29, 1.82) is 0 Å². The smallest absolute Gasteiger partial charge is 0.317 e. The Balaban J connectivity index is 1.33. The molecule has 1 spiro atoms. The third-order valence-electron chi connectivity index (χ3n) is 8.73. The highest BCUT2D eigenvalue weighted by molar-refractivity contribution is 5.94. The molecule has 7 nitrogen and oxygen atoms in total. The van der Waals surface area contributed by atoms with Crippen LogP contribution >= 0.6 is 0 Å². The number of anilines is 1. The van der Waals surface area contributed by atoms with Gasteiger partial charge in [0.2, 0.25) is 5.91 Å². The molecule has 1 N–H and O–H groups in total. The van der Waals surface area contributed by atoms with Gasteiger partial charge in [-0.1, -0.05) is 36.8 Å². The Labute approximate surface area is 212 Å². The van der Waals surface area contributed by atoms with E-state index < -0.39 is 5.82 Å². The maximum atomic E-state index is 13.6. The van der Waals surface area contributed by atoms with Gasteiger partial charge in [0, 0.05) is 18.6 Å². The number of hydrogen-bond donors (Lipinski definition) is 1. The van der Waals surface area contributed by atoms with Gasteiger partial charge in [0.25, 0.3) is 0 Å². The lowest BCUT2D eigenvalue weighted by molar-refractivity contribution is -0.116. The molecule has 0 bridgehead atoms. The predicted molar refractivity (Wildman–Crippen MR) is 137 cm³/mol. The number of benzene rings is 1. The third-order valence-corrected chi connectivity index (χ3v) is 8.73. The van der Waals surface area contributed by atoms with Crippen LogP contribution in [0.25, 0.3) is 0 Å². The molecule has 3 fully saturated rings. The highest BCUT2D eigenvalue weighted by atomic mass is 19.1. The number of carbonyl (C=O) groups is 2.